The molecule has 196 valence electrons. The number of hydrogen-bond acceptors (Lipinski definition) is 5. The standard InChI is InChI=1S/C28H43NO6/c1-2-3-4-5-6-7-8-9-10-11-12-13-14-15-18-29(21-28(34)35)24-16-17-25(26(31)22-30)23(19-24)20-27(32)33/h16-17,19,22H,2-15,18,20-21H2,1H3,(H,32,33)(H,34,35). The number of carboxylic acid groups (broad SMARTS) is 2. The lowest BCUT2D eigenvalue weighted by Gasteiger charge is -2.24. The molecule has 2 N–H and O–H groups in total. The molecule has 0 aliphatic carbocycles. The molecular formula is C28H43NO6. The highest BCUT2D eigenvalue weighted by atomic mass is 16.4. The summed E-state index contributed by atoms with van der Waals surface area (Å²) in [5.41, 5.74) is 0.794. The number of benzene rings is 1. The third kappa shape index (κ3) is 13.7. The summed E-state index contributed by atoms with van der Waals surface area (Å²) in [5, 5.41) is 18.5. The minimum absolute atomic E-state index is 0.0397. The Bertz CT molecular complexity index is 792. The van der Waals surface area contributed by atoms with Crippen molar-refractivity contribution < 1.29 is 29.4 Å². The summed E-state index contributed by atoms with van der Waals surface area (Å²) in [6, 6.07) is 4.50. The molecule has 0 fully saturated rings. The lowest BCUT2D eigenvalue weighted by atomic mass is 10.00. The van der Waals surface area contributed by atoms with Crippen molar-refractivity contribution in [1.82, 2.24) is 0 Å². The number of ketones is 1. The topological polar surface area (TPSA) is 112 Å². The summed E-state index contributed by atoms with van der Waals surface area (Å²) in [5.74, 6) is -2.90. The number of carboxylic acids is 2. The van der Waals surface area contributed by atoms with Crippen LogP contribution in [0.25, 0.3) is 0 Å². The van der Waals surface area contributed by atoms with Crippen molar-refractivity contribution in [3.05, 3.63) is 29.3 Å². The smallest absolute Gasteiger partial charge is 0.323 e. The van der Waals surface area contributed by atoms with Gasteiger partial charge in [0.15, 0.2) is 6.29 Å². The van der Waals surface area contributed by atoms with Crippen LogP contribution in [0.4, 0.5) is 5.69 Å². The van der Waals surface area contributed by atoms with E-state index < -0.39 is 24.1 Å². The van der Waals surface area contributed by atoms with Crippen molar-refractivity contribution in [2.75, 3.05) is 18.0 Å². The monoisotopic (exact) mass is 489 g/mol. The van der Waals surface area contributed by atoms with E-state index in [9.17, 15) is 24.3 Å². The summed E-state index contributed by atoms with van der Waals surface area (Å²) in [7, 11) is 0. The Balaban J connectivity index is 2.42. The van der Waals surface area contributed by atoms with Gasteiger partial charge in [-0.1, -0.05) is 90.4 Å². The molecule has 0 aromatic heterocycles. The quantitative estimate of drug-likeness (QED) is 0.0880. The SMILES string of the molecule is CCCCCCCCCCCCCCCCN(CC(=O)O)c1ccc(C(=O)C=O)c(CC(=O)O)c1. The van der Waals surface area contributed by atoms with E-state index in [1.807, 2.05) is 0 Å². The first-order valence-corrected chi connectivity index (χ1v) is 13.2. The van der Waals surface area contributed by atoms with E-state index in [1.165, 1.54) is 82.8 Å². The Hall–Kier alpha value is -2.70. The summed E-state index contributed by atoms with van der Waals surface area (Å²) >= 11 is 0. The normalized spacial score (nSPS) is 10.8. The molecule has 0 unspecified atom stereocenters. The minimum Gasteiger partial charge on any atom is -0.481 e. The van der Waals surface area contributed by atoms with Crippen LogP contribution < -0.4 is 4.90 Å². The lowest BCUT2D eigenvalue weighted by Crippen LogP contribution is -2.31. The van der Waals surface area contributed by atoms with E-state index in [0.29, 0.717) is 12.2 Å². The number of carbonyl (C=O) groups is 4. The Morgan fingerprint density at radius 1 is 0.771 bits per heavy atom. The molecule has 1 rings (SSSR count). The van der Waals surface area contributed by atoms with E-state index in [2.05, 4.69) is 6.92 Å². The minimum atomic E-state index is -1.13. The molecule has 1 aromatic carbocycles. The van der Waals surface area contributed by atoms with Gasteiger partial charge in [-0.05, 0) is 30.2 Å². The van der Waals surface area contributed by atoms with Gasteiger partial charge in [0.1, 0.15) is 6.54 Å². The molecule has 0 bridgehead atoms. The van der Waals surface area contributed by atoms with Crippen molar-refractivity contribution in [2.24, 2.45) is 0 Å². The van der Waals surface area contributed by atoms with Crippen LogP contribution in [0.1, 0.15) is 113 Å². The van der Waals surface area contributed by atoms with Crippen LogP contribution in [0, 0.1) is 0 Å². The summed E-state index contributed by atoms with van der Waals surface area (Å²) in [6.07, 6.45) is 17.1. The van der Waals surface area contributed by atoms with Crippen molar-refractivity contribution in [3.8, 4) is 0 Å². The first-order valence-electron chi connectivity index (χ1n) is 13.2. The van der Waals surface area contributed by atoms with Gasteiger partial charge in [-0.15, -0.1) is 0 Å². The zero-order chi connectivity index (χ0) is 25.9. The first-order chi connectivity index (χ1) is 16.9. The van der Waals surface area contributed by atoms with Gasteiger partial charge in [0, 0.05) is 17.8 Å². The number of aliphatic carboxylic acids is 2. The van der Waals surface area contributed by atoms with Crippen LogP contribution in [0.5, 0.6) is 0 Å². The zero-order valence-corrected chi connectivity index (χ0v) is 21.3. The molecule has 0 spiro atoms. The van der Waals surface area contributed by atoms with Gasteiger partial charge in [0.2, 0.25) is 5.78 Å². The van der Waals surface area contributed by atoms with Crippen LogP contribution in [0.15, 0.2) is 18.2 Å². The molecule has 0 aliphatic heterocycles. The summed E-state index contributed by atoms with van der Waals surface area (Å²) < 4.78 is 0. The van der Waals surface area contributed by atoms with Crippen LogP contribution in [-0.2, 0) is 20.8 Å². The molecule has 0 heterocycles. The lowest BCUT2D eigenvalue weighted by molar-refractivity contribution is -0.137. The summed E-state index contributed by atoms with van der Waals surface area (Å²) in [6.45, 7) is 2.55. The number of nitrogens with zero attached hydrogens (tertiary/aromatic N) is 1. The maximum absolute atomic E-state index is 11.8. The largest absolute Gasteiger partial charge is 0.481 e. The average molecular weight is 490 g/mol. The van der Waals surface area contributed by atoms with Gasteiger partial charge in [-0.2, -0.15) is 0 Å². The fraction of sp³-hybridized carbons (Fsp3) is 0.643. The van der Waals surface area contributed by atoms with Gasteiger partial charge < -0.3 is 15.1 Å². The molecule has 0 aliphatic rings. The molecule has 7 nitrogen and oxygen atoms in total. The number of Topliss-reactive ketones (excluding diaryl/α,β-unsaturated/α-hetero) is 1. The van der Waals surface area contributed by atoms with E-state index in [1.54, 1.807) is 11.0 Å². The highest BCUT2D eigenvalue weighted by Crippen LogP contribution is 2.22. The molecule has 35 heavy (non-hydrogen) atoms. The molecular weight excluding hydrogens is 446 g/mol. The third-order valence-corrected chi connectivity index (χ3v) is 6.28. The average Bonchev–Trinajstić information content (AvgIpc) is 2.82. The number of carbonyl (C=O) groups excluding carboxylic acids is 2. The molecule has 0 saturated carbocycles. The van der Waals surface area contributed by atoms with Crippen LogP contribution in [-0.4, -0.2) is 47.3 Å². The highest BCUT2D eigenvalue weighted by molar-refractivity contribution is 6.33. The molecule has 1 aromatic rings. The molecule has 7 heteroatoms. The van der Waals surface area contributed by atoms with Crippen molar-refractivity contribution in [1.29, 1.82) is 0 Å². The van der Waals surface area contributed by atoms with Gasteiger partial charge in [-0.25, -0.2) is 0 Å². The predicted molar refractivity (Wildman–Crippen MR) is 138 cm³/mol. The molecule has 0 saturated heterocycles. The Labute approximate surface area is 209 Å². The molecule has 0 amide bonds. The predicted octanol–water partition coefficient (Wildman–Crippen LogP) is 6.07. The van der Waals surface area contributed by atoms with Gasteiger partial charge in [0.05, 0.1) is 6.42 Å². The number of rotatable bonds is 22. The zero-order valence-electron chi connectivity index (χ0n) is 21.3. The van der Waals surface area contributed by atoms with Crippen molar-refractivity contribution in [3.63, 3.8) is 0 Å². The fourth-order valence-corrected chi connectivity index (χ4v) is 4.35. The fourth-order valence-electron chi connectivity index (χ4n) is 4.35. The third-order valence-electron chi connectivity index (χ3n) is 6.28. The second-order valence-corrected chi connectivity index (χ2v) is 9.31. The maximum Gasteiger partial charge on any atom is 0.323 e. The number of hydrogen-bond donors (Lipinski definition) is 2. The Morgan fingerprint density at radius 3 is 1.74 bits per heavy atom. The first kappa shape index (κ1) is 30.3. The number of aldehydes is 1. The van der Waals surface area contributed by atoms with Crippen LogP contribution in [0.2, 0.25) is 0 Å². The Morgan fingerprint density at radius 2 is 1.29 bits per heavy atom. The Kier molecular flexibility index (Phi) is 16.1. The number of unbranched alkanes of at least 4 members (excludes halogenated alkanes) is 13. The van der Waals surface area contributed by atoms with Gasteiger partial charge in [0.25, 0.3) is 0 Å². The van der Waals surface area contributed by atoms with Crippen LogP contribution >= 0.6 is 0 Å². The van der Waals surface area contributed by atoms with E-state index in [-0.39, 0.29) is 24.0 Å². The van der Waals surface area contributed by atoms with E-state index in [0.717, 1.165) is 19.3 Å². The van der Waals surface area contributed by atoms with Crippen LogP contribution in [0.3, 0.4) is 0 Å². The molecule has 0 atom stereocenters. The van der Waals surface area contributed by atoms with E-state index in [4.69, 9.17) is 5.11 Å². The highest BCUT2D eigenvalue weighted by Gasteiger charge is 2.17. The second-order valence-electron chi connectivity index (χ2n) is 9.31. The van der Waals surface area contributed by atoms with Crippen molar-refractivity contribution >= 4 is 29.7 Å². The number of anilines is 1. The van der Waals surface area contributed by atoms with Crippen molar-refractivity contribution in [2.45, 2.75) is 103 Å². The summed E-state index contributed by atoms with van der Waals surface area (Å²) in [4.78, 5) is 47.0. The maximum atomic E-state index is 11.8. The van der Waals surface area contributed by atoms with Gasteiger partial charge >= 0.3 is 11.9 Å². The van der Waals surface area contributed by atoms with E-state index >= 15 is 0 Å². The molecule has 0 radical (unpaired) electrons. The second kappa shape index (κ2) is 18.6. The van der Waals surface area contributed by atoms with Gasteiger partial charge in [-0.3, -0.25) is 19.2 Å².